The van der Waals surface area contributed by atoms with Crippen molar-refractivity contribution < 1.29 is 10.2 Å². The molecule has 0 saturated carbocycles. The Hall–Kier alpha value is -2.01. The van der Waals surface area contributed by atoms with E-state index in [1.165, 1.54) is 6.07 Å². The van der Waals surface area contributed by atoms with Gasteiger partial charge in [-0.25, -0.2) is 0 Å². The van der Waals surface area contributed by atoms with Crippen LogP contribution < -0.4 is 5.32 Å². The van der Waals surface area contributed by atoms with Gasteiger partial charge in [-0.2, -0.15) is 5.10 Å². The van der Waals surface area contributed by atoms with E-state index >= 15 is 0 Å². The van der Waals surface area contributed by atoms with Crippen LogP contribution >= 0.6 is 0 Å². The molecule has 2 aromatic rings. The first-order valence-electron chi connectivity index (χ1n) is 6.21. The third kappa shape index (κ3) is 2.88. The summed E-state index contributed by atoms with van der Waals surface area (Å²) in [5.74, 6) is 0.166. The number of benzene rings is 1. The molecule has 0 spiro atoms. The lowest BCUT2D eigenvalue weighted by Gasteiger charge is -2.15. The molecule has 2 rings (SSSR count). The number of hydrogen-bond acceptors (Lipinski definition) is 4. The van der Waals surface area contributed by atoms with Crippen LogP contribution in [0.4, 0.5) is 0 Å². The zero-order chi connectivity index (χ0) is 14.0. The molecular weight excluding hydrogens is 242 g/mol. The van der Waals surface area contributed by atoms with E-state index in [1.54, 1.807) is 12.1 Å². The highest BCUT2D eigenvalue weighted by Gasteiger charge is 2.11. The monoisotopic (exact) mass is 261 g/mol. The van der Waals surface area contributed by atoms with Crippen molar-refractivity contribution in [1.82, 2.24) is 15.1 Å². The first kappa shape index (κ1) is 13.4. The van der Waals surface area contributed by atoms with Gasteiger partial charge in [-0.3, -0.25) is 4.68 Å². The standard InChI is InChI=1S/C14H19N3O2/c1-9(13-5-4-12(18)6-14(13)19)15-7-11-8-16-17(3)10(11)2/h4-6,8-9,15,18-19H,7H2,1-3H3. The van der Waals surface area contributed by atoms with E-state index < -0.39 is 0 Å². The van der Waals surface area contributed by atoms with E-state index in [0.717, 1.165) is 16.8 Å². The molecule has 0 amide bonds. The molecule has 0 bridgehead atoms. The number of aromatic hydroxyl groups is 2. The Morgan fingerprint density at radius 3 is 2.68 bits per heavy atom. The topological polar surface area (TPSA) is 70.3 Å². The van der Waals surface area contributed by atoms with Gasteiger partial charge in [0, 0.05) is 42.5 Å². The number of rotatable bonds is 4. The molecule has 5 nitrogen and oxygen atoms in total. The first-order chi connectivity index (χ1) is 8.99. The minimum Gasteiger partial charge on any atom is -0.508 e. The largest absolute Gasteiger partial charge is 0.508 e. The lowest BCUT2D eigenvalue weighted by molar-refractivity contribution is 0.436. The minimum atomic E-state index is -0.0137. The third-order valence-electron chi connectivity index (χ3n) is 3.42. The summed E-state index contributed by atoms with van der Waals surface area (Å²) in [6, 6.07) is 4.63. The normalized spacial score (nSPS) is 12.6. The van der Waals surface area contributed by atoms with Crippen molar-refractivity contribution >= 4 is 0 Å². The fourth-order valence-electron chi connectivity index (χ4n) is 1.99. The summed E-state index contributed by atoms with van der Waals surface area (Å²) in [4.78, 5) is 0. The predicted molar refractivity (Wildman–Crippen MR) is 73.0 cm³/mol. The minimum absolute atomic E-state index is 0.0137. The number of aromatic nitrogens is 2. The molecule has 102 valence electrons. The molecule has 0 fully saturated rings. The number of aryl methyl sites for hydroxylation is 1. The maximum absolute atomic E-state index is 9.80. The molecule has 0 aliphatic carbocycles. The summed E-state index contributed by atoms with van der Waals surface area (Å²) in [5.41, 5.74) is 3.02. The number of nitrogens with zero attached hydrogens (tertiary/aromatic N) is 2. The highest BCUT2D eigenvalue weighted by atomic mass is 16.3. The lowest BCUT2D eigenvalue weighted by atomic mass is 10.1. The highest BCUT2D eigenvalue weighted by Crippen LogP contribution is 2.27. The highest BCUT2D eigenvalue weighted by molar-refractivity contribution is 5.40. The van der Waals surface area contributed by atoms with Gasteiger partial charge in [0.15, 0.2) is 0 Å². The summed E-state index contributed by atoms with van der Waals surface area (Å²) in [6.07, 6.45) is 1.84. The molecule has 1 atom stereocenters. The molecule has 0 radical (unpaired) electrons. The van der Waals surface area contributed by atoms with Gasteiger partial charge in [-0.1, -0.05) is 6.07 Å². The molecule has 5 heteroatoms. The molecular formula is C14H19N3O2. The van der Waals surface area contributed by atoms with Crippen LogP contribution in [-0.4, -0.2) is 20.0 Å². The van der Waals surface area contributed by atoms with Gasteiger partial charge in [0.05, 0.1) is 6.20 Å². The van der Waals surface area contributed by atoms with E-state index in [9.17, 15) is 10.2 Å². The number of hydrogen-bond donors (Lipinski definition) is 3. The molecule has 0 aliphatic rings. The summed E-state index contributed by atoms with van der Waals surface area (Å²) >= 11 is 0. The van der Waals surface area contributed by atoms with E-state index in [1.807, 2.05) is 31.8 Å². The van der Waals surface area contributed by atoms with Crippen LogP contribution in [0.3, 0.4) is 0 Å². The van der Waals surface area contributed by atoms with Gasteiger partial charge in [0.2, 0.25) is 0 Å². The van der Waals surface area contributed by atoms with Crippen LogP contribution in [0, 0.1) is 6.92 Å². The Morgan fingerprint density at radius 2 is 2.11 bits per heavy atom. The summed E-state index contributed by atoms with van der Waals surface area (Å²) < 4.78 is 1.83. The Kier molecular flexibility index (Phi) is 3.76. The summed E-state index contributed by atoms with van der Waals surface area (Å²) in [5, 5.41) is 26.6. The fourth-order valence-corrected chi connectivity index (χ4v) is 1.99. The molecule has 1 heterocycles. The van der Waals surface area contributed by atoms with Gasteiger partial charge < -0.3 is 15.5 Å². The maximum atomic E-state index is 9.80. The van der Waals surface area contributed by atoms with Crippen LogP contribution in [0.1, 0.15) is 29.8 Å². The van der Waals surface area contributed by atoms with Crippen molar-refractivity contribution in [2.45, 2.75) is 26.4 Å². The van der Waals surface area contributed by atoms with Gasteiger partial charge in [-0.05, 0) is 19.9 Å². The number of phenols is 2. The third-order valence-corrected chi connectivity index (χ3v) is 3.42. The summed E-state index contributed by atoms with van der Waals surface area (Å²) in [6.45, 7) is 4.67. The van der Waals surface area contributed by atoms with Crippen LogP contribution in [0.15, 0.2) is 24.4 Å². The molecule has 0 saturated heterocycles. The van der Waals surface area contributed by atoms with Crippen molar-refractivity contribution in [2.75, 3.05) is 0 Å². The second kappa shape index (κ2) is 5.32. The van der Waals surface area contributed by atoms with Gasteiger partial charge in [0.25, 0.3) is 0 Å². The molecule has 1 unspecified atom stereocenters. The van der Waals surface area contributed by atoms with Crippen LogP contribution in [0.2, 0.25) is 0 Å². The Morgan fingerprint density at radius 1 is 1.37 bits per heavy atom. The van der Waals surface area contributed by atoms with Gasteiger partial charge in [-0.15, -0.1) is 0 Å². The van der Waals surface area contributed by atoms with Crippen LogP contribution in [0.25, 0.3) is 0 Å². The summed E-state index contributed by atoms with van der Waals surface area (Å²) in [7, 11) is 1.91. The second-order valence-corrected chi connectivity index (χ2v) is 4.72. The Bertz CT molecular complexity index is 578. The average Bonchev–Trinajstić information content (AvgIpc) is 2.67. The quantitative estimate of drug-likeness (QED) is 0.787. The predicted octanol–water partition coefficient (Wildman–Crippen LogP) is 1.99. The van der Waals surface area contributed by atoms with E-state index in [2.05, 4.69) is 10.4 Å². The average molecular weight is 261 g/mol. The van der Waals surface area contributed by atoms with Crippen molar-refractivity contribution in [3.05, 3.63) is 41.2 Å². The Labute approximate surface area is 112 Å². The van der Waals surface area contributed by atoms with Crippen molar-refractivity contribution in [3.8, 4) is 11.5 Å². The van der Waals surface area contributed by atoms with Crippen molar-refractivity contribution in [1.29, 1.82) is 0 Å². The molecule has 1 aromatic heterocycles. The number of nitrogens with one attached hydrogen (secondary N) is 1. The smallest absolute Gasteiger partial charge is 0.124 e. The zero-order valence-corrected chi connectivity index (χ0v) is 11.4. The van der Waals surface area contributed by atoms with Crippen LogP contribution in [-0.2, 0) is 13.6 Å². The zero-order valence-electron chi connectivity index (χ0n) is 11.4. The Balaban J connectivity index is 2.05. The van der Waals surface area contributed by atoms with Crippen molar-refractivity contribution in [3.63, 3.8) is 0 Å². The van der Waals surface area contributed by atoms with E-state index in [0.29, 0.717) is 6.54 Å². The number of phenolic OH excluding ortho intramolecular Hbond substituents is 2. The molecule has 19 heavy (non-hydrogen) atoms. The molecule has 0 aliphatic heterocycles. The van der Waals surface area contributed by atoms with Crippen LogP contribution in [0.5, 0.6) is 11.5 Å². The van der Waals surface area contributed by atoms with Gasteiger partial charge >= 0.3 is 0 Å². The molecule has 3 N–H and O–H groups in total. The fraction of sp³-hybridized carbons (Fsp3) is 0.357. The second-order valence-electron chi connectivity index (χ2n) is 4.72. The maximum Gasteiger partial charge on any atom is 0.124 e. The lowest BCUT2D eigenvalue weighted by Crippen LogP contribution is -2.18. The van der Waals surface area contributed by atoms with Gasteiger partial charge in [0.1, 0.15) is 11.5 Å². The first-order valence-corrected chi connectivity index (χ1v) is 6.21. The molecule has 1 aromatic carbocycles. The van der Waals surface area contributed by atoms with Crippen molar-refractivity contribution in [2.24, 2.45) is 7.05 Å². The van der Waals surface area contributed by atoms with E-state index in [4.69, 9.17) is 0 Å². The van der Waals surface area contributed by atoms with E-state index in [-0.39, 0.29) is 17.5 Å². The SMILES string of the molecule is Cc1c(CNC(C)c2ccc(O)cc2O)cnn1C.